The van der Waals surface area contributed by atoms with Gasteiger partial charge in [0, 0.05) is 25.7 Å². The van der Waals surface area contributed by atoms with Crippen LogP contribution in [0.5, 0.6) is 11.5 Å². The Balaban J connectivity index is 1.53. The third-order valence-corrected chi connectivity index (χ3v) is 5.33. The molecule has 1 heterocycles. The van der Waals surface area contributed by atoms with Gasteiger partial charge in [-0.25, -0.2) is 0 Å². The molecule has 2 unspecified atom stereocenters. The van der Waals surface area contributed by atoms with Crippen LogP contribution in [-0.4, -0.2) is 50.2 Å². The van der Waals surface area contributed by atoms with Crippen LogP contribution in [0.25, 0.3) is 0 Å². The minimum atomic E-state index is -0.247. The molecule has 0 spiro atoms. The van der Waals surface area contributed by atoms with Gasteiger partial charge in [0.05, 0.1) is 20.3 Å². The molecule has 2 aromatic rings. The van der Waals surface area contributed by atoms with Crippen LogP contribution >= 0.6 is 0 Å². The Morgan fingerprint density at radius 1 is 1.04 bits per heavy atom. The maximum absolute atomic E-state index is 11.9. The number of primary amides is 1. The van der Waals surface area contributed by atoms with Gasteiger partial charge in [-0.15, -0.1) is 0 Å². The fourth-order valence-electron chi connectivity index (χ4n) is 3.67. The maximum Gasteiger partial charge on any atom is 0.234 e. The SMILES string of the molecule is COc1ccc(CCN2CC(NCc3ccc(OC)cc3)CC2C(N)=O)cc1. The molecule has 28 heavy (non-hydrogen) atoms. The molecule has 3 rings (SSSR count). The molecular formula is C22H29N3O3. The van der Waals surface area contributed by atoms with Crippen LogP contribution in [0.1, 0.15) is 17.5 Å². The lowest BCUT2D eigenvalue weighted by atomic mass is 10.1. The van der Waals surface area contributed by atoms with Crippen molar-refractivity contribution < 1.29 is 14.3 Å². The molecule has 2 aromatic carbocycles. The van der Waals surface area contributed by atoms with Crippen molar-refractivity contribution in [3.8, 4) is 11.5 Å². The summed E-state index contributed by atoms with van der Waals surface area (Å²) in [6.45, 7) is 2.38. The lowest BCUT2D eigenvalue weighted by Gasteiger charge is -2.21. The number of amides is 1. The second-order valence-corrected chi connectivity index (χ2v) is 7.17. The summed E-state index contributed by atoms with van der Waals surface area (Å²) in [5.74, 6) is 1.45. The summed E-state index contributed by atoms with van der Waals surface area (Å²) < 4.78 is 10.4. The van der Waals surface area contributed by atoms with Gasteiger partial charge in [-0.3, -0.25) is 9.69 Å². The minimum absolute atomic E-state index is 0.216. The Kier molecular flexibility index (Phi) is 6.90. The zero-order chi connectivity index (χ0) is 19.9. The number of carbonyl (C=O) groups is 1. The number of ether oxygens (including phenoxy) is 2. The molecule has 0 aromatic heterocycles. The van der Waals surface area contributed by atoms with E-state index in [4.69, 9.17) is 15.2 Å². The molecular weight excluding hydrogens is 354 g/mol. The fraction of sp³-hybridized carbons (Fsp3) is 0.409. The topological polar surface area (TPSA) is 76.8 Å². The van der Waals surface area contributed by atoms with E-state index in [-0.39, 0.29) is 18.0 Å². The molecule has 2 atom stereocenters. The molecule has 1 aliphatic heterocycles. The Labute approximate surface area is 166 Å². The Morgan fingerprint density at radius 3 is 2.14 bits per heavy atom. The number of carbonyl (C=O) groups excluding carboxylic acids is 1. The van der Waals surface area contributed by atoms with Crippen molar-refractivity contribution in [2.45, 2.75) is 31.5 Å². The number of hydrogen-bond donors (Lipinski definition) is 2. The van der Waals surface area contributed by atoms with E-state index < -0.39 is 0 Å². The summed E-state index contributed by atoms with van der Waals surface area (Å²) in [6, 6.07) is 16.1. The van der Waals surface area contributed by atoms with Crippen molar-refractivity contribution in [3.63, 3.8) is 0 Å². The molecule has 1 fully saturated rings. The number of nitrogens with one attached hydrogen (secondary N) is 1. The van der Waals surface area contributed by atoms with Crippen LogP contribution < -0.4 is 20.5 Å². The lowest BCUT2D eigenvalue weighted by Crippen LogP contribution is -2.41. The maximum atomic E-state index is 11.9. The van der Waals surface area contributed by atoms with Crippen molar-refractivity contribution in [3.05, 3.63) is 59.7 Å². The molecule has 1 saturated heterocycles. The summed E-state index contributed by atoms with van der Waals surface area (Å²) in [7, 11) is 3.33. The van der Waals surface area contributed by atoms with Crippen LogP contribution in [0.15, 0.2) is 48.5 Å². The zero-order valence-electron chi connectivity index (χ0n) is 16.6. The van der Waals surface area contributed by atoms with E-state index >= 15 is 0 Å². The first-order valence-electron chi connectivity index (χ1n) is 9.61. The van der Waals surface area contributed by atoms with Crippen molar-refractivity contribution in [2.24, 2.45) is 5.73 Å². The summed E-state index contributed by atoms with van der Waals surface area (Å²) in [4.78, 5) is 14.1. The molecule has 1 amide bonds. The van der Waals surface area contributed by atoms with Gasteiger partial charge in [0.2, 0.25) is 5.91 Å². The van der Waals surface area contributed by atoms with Gasteiger partial charge in [-0.05, 0) is 48.2 Å². The third-order valence-electron chi connectivity index (χ3n) is 5.33. The highest BCUT2D eigenvalue weighted by molar-refractivity contribution is 5.80. The zero-order valence-corrected chi connectivity index (χ0v) is 16.6. The Hall–Kier alpha value is -2.57. The van der Waals surface area contributed by atoms with Crippen LogP contribution in [0.3, 0.4) is 0 Å². The standard InChI is InChI=1S/C22H29N3O3/c1-27-19-7-3-16(4-8-19)11-12-25-15-18(13-21(25)22(23)26)24-14-17-5-9-20(28-2)10-6-17/h3-10,18,21,24H,11-15H2,1-2H3,(H2,23,26). The minimum Gasteiger partial charge on any atom is -0.497 e. The average molecular weight is 383 g/mol. The number of hydrogen-bond acceptors (Lipinski definition) is 5. The molecule has 0 aliphatic carbocycles. The number of rotatable bonds is 9. The van der Waals surface area contributed by atoms with Crippen molar-refractivity contribution in [1.82, 2.24) is 10.2 Å². The van der Waals surface area contributed by atoms with E-state index in [1.165, 1.54) is 11.1 Å². The Bertz CT molecular complexity index is 762. The number of benzene rings is 2. The molecule has 3 N–H and O–H groups in total. The molecule has 6 nitrogen and oxygen atoms in total. The summed E-state index contributed by atoms with van der Waals surface area (Å²) in [5.41, 5.74) is 8.07. The summed E-state index contributed by atoms with van der Waals surface area (Å²) in [5, 5.41) is 3.56. The van der Waals surface area contributed by atoms with Crippen molar-refractivity contribution in [1.29, 1.82) is 0 Å². The smallest absolute Gasteiger partial charge is 0.234 e. The highest BCUT2D eigenvalue weighted by Gasteiger charge is 2.34. The largest absolute Gasteiger partial charge is 0.497 e. The van der Waals surface area contributed by atoms with Crippen LogP contribution in [-0.2, 0) is 17.8 Å². The van der Waals surface area contributed by atoms with Gasteiger partial charge in [-0.2, -0.15) is 0 Å². The number of nitrogens with zero attached hydrogens (tertiary/aromatic N) is 1. The van der Waals surface area contributed by atoms with Crippen LogP contribution in [0.4, 0.5) is 0 Å². The van der Waals surface area contributed by atoms with E-state index in [9.17, 15) is 4.79 Å². The first kappa shape index (κ1) is 20.2. The molecule has 0 saturated carbocycles. The van der Waals surface area contributed by atoms with E-state index in [1.54, 1.807) is 14.2 Å². The summed E-state index contributed by atoms with van der Waals surface area (Å²) in [6.07, 6.45) is 1.62. The normalized spacial score (nSPS) is 19.5. The van der Waals surface area contributed by atoms with Gasteiger partial charge >= 0.3 is 0 Å². The fourth-order valence-corrected chi connectivity index (χ4v) is 3.67. The second-order valence-electron chi connectivity index (χ2n) is 7.17. The Morgan fingerprint density at radius 2 is 1.61 bits per heavy atom. The van der Waals surface area contributed by atoms with Gasteiger partial charge in [0.15, 0.2) is 0 Å². The van der Waals surface area contributed by atoms with Gasteiger partial charge in [-0.1, -0.05) is 24.3 Å². The quantitative estimate of drug-likeness (QED) is 0.692. The van der Waals surface area contributed by atoms with Crippen molar-refractivity contribution >= 4 is 5.91 Å². The van der Waals surface area contributed by atoms with Crippen LogP contribution in [0, 0.1) is 0 Å². The molecule has 6 heteroatoms. The van der Waals surface area contributed by atoms with E-state index in [1.807, 2.05) is 36.4 Å². The van der Waals surface area contributed by atoms with Gasteiger partial charge in [0.25, 0.3) is 0 Å². The monoisotopic (exact) mass is 383 g/mol. The first-order valence-corrected chi connectivity index (χ1v) is 9.61. The number of likely N-dealkylation sites (tertiary alicyclic amines) is 1. The highest BCUT2D eigenvalue weighted by atomic mass is 16.5. The van der Waals surface area contributed by atoms with Gasteiger partial charge < -0.3 is 20.5 Å². The van der Waals surface area contributed by atoms with Gasteiger partial charge in [0.1, 0.15) is 11.5 Å². The van der Waals surface area contributed by atoms with E-state index in [0.717, 1.165) is 44.0 Å². The number of nitrogens with two attached hydrogens (primary N) is 1. The van der Waals surface area contributed by atoms with E-state index in [2.05, 4.69) is 22.3 Å². The molecule has 150 valence electrons. The molecule has 0 radical (unpaired) electrons. The predicted molar refractivity (Wildman–Crippen MR) is 109 cm³/mol. The second kappa shape index (κ2) is 9.57. The predicted octanol–water partition coefficient (Wildman–Crippen LogP) is 1.96. The molecule has 0 bridgehead atoms. The first-order chi connectivity index (χ1) is 13.6. The summed E-state index contributed by atoms with van der Waals surface area (Å²) >= 11 is 0. The van der Waals surface area contributed by atoms with Crippen molar-refractivity contribution in [2.75, 3.05) is 27.3 Å². The highest BCUT2D eigenvalue weighted by Crippen LogP contribution is 2.20. The average Bonchev–Trinajstić information content (AvgIpc) is 3.15. The molecule has 1 aliphatic rings. The lowest BCUT2D eigenvalue weighted by molar-refractivity contribution is -0.122. The third kappa shape index (κ3) is 5.24. The van der Waals surface area contributed by atoms with Crippen LogP contribution in [0.2, 0.25) is 0 Å². The van der Waals surface area contributed by atoms with E-state index in [0.29, 0.717) is 0 Å². The number of methoxy groups -OCH3 is 2.